The molecule has 1 aromatic carbocycles. The van der Waals surface area contributed by atoms with Crippen LogP contribution in [0.5, 0.6) is 0 Å². The van der Waals surface area contributed by atoms with E-state index in [9.17, 15) is 0 Å². The van der Waals surface area contributed by atoms with Crippen LogP contribution in [-0.4, -0.2) is 15.6 Å². The average Bonchev–Trinajstić information content (AvgIpc) is 3.21. The lowest BCUT2D eigenvalue weighted by atomic mass is 10.2. The minimum atomic E-state index is 0.775. The Morgan fingerprint density at radius 2 is 2.10 bits per heavy atom. The van der Waals surface area contributed by atoms with E-state index in [-0.39, 0.29) is 0 Å². The molecule has 1 aliphatic rings. The molecule has 3 nitrogen and oxygen atoms in total. The van der Waals surface area contributed by atoms with E-state index in [1.165, 1.54) is 23.3 Å². The molecule has 3 rings (SSSR count). The van der Waals surface area contributed by atoms with E-state index < -0.39 is 0 Å². The average molecular weight is 287 g/mol. The first-order valence-electron chi connectivity index (χ1n) is 7.30. The molecule has 1 heterocycles. The highest BCUT2D eigenvalue weighted by molar-refractivity contribution is 7.98. The van der Waals surface area contributed by atoms with Crippen molar-refractivity contribution in [1.82, 2.24) is 14.9 Å². The van der Waals surface area contributed by atoms with Crippen molar-refractivity contribution in [1.29, 1.82) is 0 Å². The topological polar surface area (TPSA) is 29.9 Å². The number of hydrogen-bond donors (Lipinski definition) is 1. The smallest absolute Gasteiger partial charge is 0.119 e. The zero-order chi connectivity index (χ0) is 13.8. The van der Waals surface area contributed by atoms with Crippen molar-refractivity contribution in [3.63, 3.8) is 0 Å². The summed E-state index contributed by atoms with van der Waals surface area (Å²) in [5.74, 6) is 2.08. The fourth-order valence-corrected chi connectivity index (χ4v) is 3.03. The number of nitrogens with zero attached hydrogens (tertiary/aromatic N) is 2. The third kappa shape index (κ3) is 3.64. The van der Waals surface area contributed by atoms with Crippen LogP contribution in [0.4, 0.5) is 0 Å². The number of hydrogen-bond acceptors (Lipinski definition) is 3. The molecule has 0 unspecified atom stereocenters. The van der Waals surface area contributed by atoms with Gasteiger partial charge in [0.1, 0.15) is 5.82 Å². The van der Waals surface area contributed by atoms with Crippen molar-refractivity contribution in [2.75, 3.05) is 0 Å². The summed E-state index contributed by atoms with van der Waals surface area (Å²) < 4.78 is 2.20. The van der Waals surface area contributed by atoms with Gasteiger partial charge in [0.25, 0.3) is 0 Å². The molecule has 2 aromatic rings. The van der Waals surface area contributed by atoms with Gasteiger partial charge in [-0.25, -0.2) is 4.98 Å². The molecule has 1 N–H and O–H groups in total. The second-order valence-corrected chi connectivity index (χ2v) is 6.27. The molecule has 0 bridgehead atoms. The van der Waals surface area contributed by atoms with Gasteiger partial charge in [0, 0.05) is 36.4 Å². The van der Waals surface area contributed by atoms with Crippen molar-refractivity contribution >= 4 is 11.8 Å². The predicted octanol–water partition coefficient (Wildman–Crippen LogP) is 3.45. The second kappa shape index (κ2) is 6.46. The Labute approximate surface area is 124 Å². The molecule has 1 fully saturated rings. The lowest BCUT2D eigenvalue weighted by Gasteiger charge is -2.06. The SMILES string of the molecule is CCn1ccnc1CSc1ccc(CNC2CC2)cc1. The molecule has 106 valence electrons. The van der Waals surface area contributed by atoms with E-state index in [0.29, 0.717) is 0 Å². The summed E-state index contributed by atoms with van der Waals surface area (Å²) in [6, 6.07) is 9.66. The first kappa shape index (κ1) is 13.7. The quantitative estimate of drug-likeness (QED) is 0.791. The van der Waals surface area contributed by atoms with Crippen LogP contribution in [0.15, 0.2) is 41.6 Å². The lowest BCUT2D eigenvalue weighted by Crippen LogP contribution is -2.14. The Kier molecular flexibility index (Phi) is 4.43. The molecule has 0 atom stereocenters. The highest BCUT2D eigenvalue weighted by Gasteiger charge is 2.19. The number of rotatable bonds is 7. The van der Waals surface area contributed by atoms with Gasteiger partial charge in [-0.3, -0.25) is 0 Å². The summed E-state index contributed by atoms with van der Waals surface area (Å²) >= 11 is 1.85. The monoisotopic (exact) mass is 287 g/mol. The standard InChI is InChI=1S/C16H21N3S/c1-2-19-10-9-17-16(19)12-20-15-7-3-13(4-8-15)11-18-14-5-6-14/h3-4,7-10,14,18H,2,5-6,11-12H2,1H3. The normalized spacial score (nSPS) is 14.7. The molecule has 1 saturated carbocycles. The highest BCUT2D eigenvalue weighted by atomic mass is 32.2. The van der Waals surface area contributed by atoms with Crippen LogP contribution in [0.1, 0.15) is 31.2 Å². The van der Waals surface area contributed by atoms with Crippen LogP contribution in [0.2, 0.25) is 0 Å². The van der Waals surface area contributed by atoms with Crippen molar-refractivity contribution in [3.8, 4) is 0 Å². The van der Waals surface area contributed by atoms with Crippen molar-refractivity contribution in [2.24, 2.45) is 0 Å². The fraction of sp³-hybridized carbons (Fsp3) is 0.438. The van der Waals surface area contributed by atoms with Crippen LogP contribution in [0.25, 0.3) is 0 Å². The van der Waals surface area contributed by atoms with Crippen molar-refractivity contribution in [3.05, 3.63) is 48.0 Å². The predicted molar refractivity (Wildman–Crippen MR) is 83.8 cm³/mol. The summed E-state index contributed by atoms with van der Waals surface area (Å²) in [4.78, 5) is 5.72. The van der Waals surface area contributed by atoms with Gasteiger partial charge >= 0.3 is 0 Å². The van der Waals surface area contributed by atoms with Crippen LogP contribution >= 0.6 is 11.8 Å². The maximum Gasteiger partial charge on any atom is 0.119 e. The summed E-state index contributed by atoms with van der Waals surface area (Å²) in [5.41, 5.74) is 1.37. The lowest BCUT2D eigenvalue weighted by molar-refractivity contribution is 0.687. The Morgan fingerprint density at radius 3 is 2.80 bits per heavy atom. The number of imidazole rings is 1. The van der Waals surface area contributed by atoms with Crippen LogP contribution < -0.4 is 5.32 Å². The van der Waals surface area contributed by atoms with E-state index in [4.69, 9.17) is 0 Å². The summed E-state index contributed by atoms with van der Waals surface area (Å²) in [5, 5.41) is 3.54. The molecule has 0 spiro atoms. The van der Waals surface area contributed by atoms with Crippen molar-refractivity contribution < 1.29 is 0 Å². The van der Waals surface area contributed by atoms with Gasteiger partial charge in [0.2, 0.25) is 0 Å². The van der Waals surface area contributed by atoms with E-state index >= 15 is 0 Å². The zero-order valence-corrected chi connectivity index (χ0v) is 12.7. The van der Waals surface area contributed by atoms with E-state index in [1.54, 1.807) is 0 Å². The van der Waals surface area contributed by atoms with Crippen LogP contribution in [0.3, 0.4) is 0 Å². The van der Waals surface area contributed by atoms with Gasteiger partial charge in [0.15, 0.2) is 0 Å². The van der Waals surface area contributed by atoms with Crippen molar-refractivity contribution in [2.45, 2.75) is 49.5 Å². The Morgan fingerprint density at radius 1 is 1.30 bits per heavy atom. The molecule has 0 radical (unpaired) electrons. The molecular formula is C16H21N3S. The number of aryl methyl sites for hydroxylation is 1. The van der Waals surface area contributed by atoms with E-state index in [1.807, 2.05) is 24.2 Å². The Hall–Kier alpha value is -1.26. The number of aromatic nitrogens is 2. The zero-order valence-electron chi connectivity index (χ0n) is 11.9. The van der Waals surface area contributed by atoms with Gasteiger partial charge in [-0.1, -0.05) is 12.1 Å². The molecule has 0 saturated heterocycles. The first-order valence-corrected chi connectivity index (χ1v) is 8.29. The van der Waals surface area contributed by atoms with E-state index in [2.05, 4.69) is 46.1 Å². The largest absolute Gasteiger partial charge is 0.335 e. The van der Waals surface area contributed by atoms with Gasteiger partial charge in [-0.05, 0) is 37.5 Å². The second-order valence-electron chi connectivity index (χ2n) is 5.22. The highest BCUT2D eigenvalue weighted by Crippen LogP contribution is 2.23. The van der Waals surface area contributed by atoms with Crippen LogP contribution in [-0.2, 0) is 18.8 Å². The van der Waals surface area contributed by atoms with Gasteiger partial charge < -0.3 is 9.88 Å². The number of thioether (sulfide) groups is 1. The fourth-order valence-electron chi connectivity index (χ4n) is 2.17. The maximum atomic E-state index is 4.41. The van der Waals surface area contributed by atoms with Gasteiger partial charge in [-0.2, -0.15) is 0 Å². The van der Waals surface area contributed by atoms with Gasteiger partial charge in [-0.15, -0.1) is 11.8 Å². The molecule has 1 aromatic heterocycles. The summed E-state index contributed by atoms with van der Waals surface area (Å²) in [7, 11) is 0. The molecular weight excluding hydrogens is 266 g/mol. The summed E-state index contributed by atoms with van der Waals surface area (Å²) in [6.07, 6.45) is 6.62. The Balaban J connectivity index is 1.52. The summed E-state index contributed by atoms with van der Waals surface area (Å²) in [6.45, 7) is 4.13. The molecule has 0 aliphatic heterocycles. The molecule has 0 amide bonds. The molecule has 1 aliphatic carbocycles. The van der Waals surface area contributed by atoms with E-state index in [0.717, 1.165) is 30.7 Å². The van der Waals surface area contributed by atoms with Crippen LogP contribution in [0, 0.1) is 0 Å². The van der Waals surface area contributed by atoms with Gasteiger partial charge in [0.05, 0.1) is 5.75 Å². The molecule has 20 heavy (non-hydrogen) atoms. The number of benzene rings is 1. The maximum absolute atomic E-state index is 4.41. The number of nitrogens with one attached hydrogen (secondary N) is 1. The Bertz CT molecular complexity index is 543. The third-order valence-electron chi connectivity index (χ3n) is 3.61. The molecule has 4 heteroatoms. The first-order chi connectivity index (χ1) is 9.85. The minimum absolute atomic E-state index is 0.775. The third-order valence-corrected chi connectivity index (χ3v) is 4.61. The minimum Gasteiger partial charge on any atom is -0.335 e.